The molecule has 0 bridgehead atoms. The molecule has 12 heavy (non-hydrogen) atoms. The minimum Gasteiger partial charge on any atom is -0.556 e. The van der Waals surface area contributed by atoms with Crippen LogP contribution in [0.3, 0.4) is 0 Å². The number of para-hydroxylation sites is 2. The third-order valence-corrected chi connectivity index (χ3v) is 1.14. The van der Waals surface area contributed by atoms with Crippen LogP contribution in [0, 0.1) is 0 Å². The molecule has 0 fully saturated rings. The maximum atomic E-state index is 5.54. The van der Waals surface area contributed by atoms with Crippen LogP contribution in [0.5, 0.6) is 5.75 Å². The molecule has 0 unspecified atom stereocenters. The van der Waals surface area contributed by atoms with Crippen LogP contribution >= 0.6 is 0 Å². The molecule has 0 amide bonds. The molecule has 1 rings (SSSR count). The second kappa shape index (κ2) is 6.51. The Bertz CT molecular complexity index is 253. The van der Waals surface area contributed by atoms with Gasteiger partial charge in [0.25, 0.3) is 0 Å². The van der Waals surface area contributed by atoms with Crippen molar-refractivity contribution >= 4 is 5.69 Å². The molecule has 0 saturated carbocycles. The molecule has 3 nitrogen and oxygen atoms in total. The van der Waals surface area contributed by atoms with Gasteiger partial charge in [0.15, 0.2) is 0 Å². The standard InChI is InChI=1S/C8H9N2O.K/c1-2-10-11-8-6-4-3-5-7(8)9;/h2-6H,1,9H2;/q-1;+1. The van der Waals surface area contributed by atoms with Crippen LogP contribution in [0.2, 0.25) is 0 Å². The molecule has 0 saturated heterocycles. The predicted molar refractivity (Wildman–Crippen MR) is 45.0 cm³/mol. The molecular weight excluding hydrogens is 179 g/mol. The third kappa shape index (κ3) is 3.60. The average molecular weight is 188 g/mol. The summed E-state index contributed by atoms with van der Waals surface area (Å²) in [7, 11) is 0. The maximum Gasteiger partial charge on any atom is 1.00 e. The Labute approximate surface area is 114 Å². The summed E-state index contributed by atoms with van der Waals surface area (Å²) in [6, 6.07) is 7.14. The summed E-state index contributed by atoms with van der Waals surface area (Å²) in [6.07, 6.45) is 1.31. The zero-order valence-electron chi connectivity index (χ0n) is 7.03. The van der Waals surface area contributed by atoms with E-state index in [1.165, 1.54) is 6.20 Å². The molecule has 2 N–H and O–H groups in total. The Morgan fingerprint density at radius 3 is 2.67 bits per heavy atom. The normalized spacial score (nSPS) is 8.00. The first-order valence-corrected chi connectivity index (χ1v) is 3.17. The molecule has 0 spiro atoms. The smallest absolute Gasteiger partial charge is 0.556 e. The molecule has 1 aromatic carbocycles. The van der Waals surface area contributed by atoms with Crippen LogP contribution in [0.25, 0.3) is 5.48 Å². The Morgan fingerprint density at radius 2 is 2.08 bits per heavy atom. The van der Waals surface area contributed by atoms with Crippen molar-refractivity contribution in [2.24, 2.45) is 0 Å². The summed E-state index contributed by atoms with van der Waals surface area (Å²) in [6.45, 7) is 3.37. The van der Waals surface area contributed by atoms with Crippen molar-refractivity contribution in [3.05, 3.63) is 42.5 Å². The van der Waals surface area contributed by atoms with Gasteiger partial charge in [0.1, 0.15) is 5.75 Å². The zero-order chi connectivity index (χ0) is 8.10. The Morgan fingerprint density at radius 1 is 1.42 bits per heavy atom. The van der Waals surface area contributed by atoms with Crippen molar-refractivity contribution in [1.29, 1.82) is 0 Å². The molecule has 0 aliphatic rings. The first-order chi connectivity index (χ1) is 5.34. The number of hydrogen-bond acceptors (Lipinski definition) is 2. The Balaban J connectivity index is 0.00000121. The van der Waals surface area contributed by atoms with Crippen LogP contribution < -0.4 is 62.0 Å². The van der Waals surface area contributed by atoms with Crippen LogP contribution in [0.1, 0.15) is 0 Å². The average Bonchev–Trinajstić information content (AvgIpc) is 2.03. The number of hydroxylamine groups is 1. The van der Waals surface area contributed by atoms with E-state index in [-0.39, 0.29) is 51.4 Å². The van der Waals surface area contributed by atoms with Crippen molar-refractivity contribution in [3.8, 4) is 5.75 Å². The Hall–Kier alpha value is -0.00364. The molecule has 0 aromatic heterocycles. The van der Waals surface area contributed by atoms with Crippen molar-refractivity contribution < 1.29 is 56.2 Å². The topological polar surface area (TPSA) is 49.4 Å². The summed E-state index contributed by atoms with van der Waals surface area (Å²) in [5, 5.41) is 0. The molecule has 0 aliphatic carbocycles. The van der Waals surface area contributed by atoms with Gasteiger partial charge in [-0.15, -0.1) is 6.58 Å². The van der Waals surface area contributed by atoms with Gasteiger partial charge in [0.05, 0.1) is 5.69 Å². The van der Waals surface area contributed by atoms with Gasteiger partial charge in [-0.1, -0.05) is 12.1 Å². The largest absolute Gasteiger partial charge is 1.00 e. The van der Waals surface area contributed by atoms with E-state index in [0.717, 1.165) is 0 Å². The molecule has 0 atom stereocenters. The monoisotopic (exact) mass is 188 g/mol. The van der Waals surface area contributed by atoms with Crippen LogP contribution in [0.4, 0.5) is 5.69 Å². The molecular formula is C8H9KN2O. The fourth-order valence-corrected chi connectivity index (χ4v) is 0.658. The number of nitrogens with zero attached hydrogens (tertiary/aromatic N) is 1. The third-order valence-electron chi connectivity index (χ3n) is 1.14. The first kappa shape index (κ1) is 12.0. The second-order valence-electron chi connectivity index (χ2n) is 1.92. The minimum absolute atomic E-state index is 0. The van der Waals surface area contributed by atoms with Crippen LogP contribution in [-0.2, 0) is 0 Å². The van der Waals surface area contributed by atoms with E-state index >= 15 is 0 Å². The van der Waals surface area contributed by atoms with Crippen LogP contribution in [-0.4, -0.2) is 0 Å². The number of hydrogen-bond donors (Lipinski definition) is 1. The van der Waals surface area contributed by atoms with Crippen molar-refractivity contribution in [1.82, 2.24) is 0 Å². The summed E-state index contributed by atoms with van der Waals surface area (Å²) in [4.78, 5) is 4.87. The second-order valence-corrected chi connectivity index (χ2v) is 1.92. The van der Waals surface area contributed by atoms with Gasteiger partial charge >= 0.3 is 51.4 Å². The number of benzene rings is 1. The number of nitrogens with two attached hydrogens (primary N) is 1. The molecule has 1 aromatic rings. The van der Waals surface area contributed by atoms with E-state index in [4.69, 9.17) is 10.6 Å². The van der Waals surface area contributed by atoms with E-state index < -0.39 is 0 Å². The van der Waals surface area contributed by atoms with Gasteiger partial charge < -0.3 is 16.1 Å². The zero-order valence-corrected chi connectivity index (χ0v) is 10.1. The summed E-state index contributed by atoms with van der Waals surface area (Å²) in [5.74, 6) is 0.549. The van der Waals surface area contributed by atoms with Gasteiger partial charge in [-0.25, -0.2) is 0 Å². The fraction of sp³-hybridized carbons (Fsp3) is 0. The number of nitrogen functional groups attached to an aromatic ring is 1. The van der Waals surface area contributed by atoms with Gasteiger partial charge in [-0.2, -0.15) is 6.20 Å². The SMILES string of the molecule is C=C[N-]Oc1ccccc1N.[K+]. The summed E-state index contributed by atoms with van der Waals surface area (Å²) < 4.78 is 0. The summed E-state index contributed by atoms with van der Waals surface area (Å²) in [5.41, 5.74) is 9.60. The van der Waals surface area contributed by atoms with Gasteiger partial charge in [-0.05, 0) is 12.1 Å². The fourth-order valence-electron chi connectivity index (χ4n) is 0.658. The molecule has 4 heteroatoms. The van der Waals surface area contributed by atoms with E-state index in [9.17, 15) is 0 Å². The molecule has 0 radical (unpaired) electrons. The maximum absolute atomic E-state index is 5.54. The van der Waals surface area contributed by atoms with Crippen molar-refractivity contribution in [3.63, 3.8) is 0 Å². The molecule has 58 valence electrons. The van der Waals surface area contributed by atoms with E-state index in [1.54, 1.807) is 12.1 Å². The van der Waals surface area contributed by atoms with E-state index in [1.807, 2.05) is 12.1 Å². The van der Waals surface area contributed by atoms with Crippen LogP contribution in [0.15, 0.2) is 37.0 Å². The first-order valence-electron chi connectivity index (χ1n) is 3.17. The van der Waals surface area contributed by atoms with Gasteiger partial charge in [0, 0.05) is 0 Å². The van der Waals surface area contributed by atoms with Crippen molar-refractivity contribution in [2.75, 3.05) is 5.73 Å². The van der Waals surface area contributed by atoms with Gasteiger partial charge in [-0.3, -0.25) is 0 Å². The summed E-state index contributed by atoms with van der Waals surface area (Å²) >= 11 is 0. The predicted octanol–water partition coefficient (Wildman–Crippen LogP) is -0.916. The number of anilines is 1. The molecule has 0 aliphatic heterocycles. The minimum atomic E-state index is 0. The quantitative estimate of drug-likeness (QED) is 0.379. The molecule has 0 heterocycles. The van der Waals surface area contributed by atoms with Crippen molar-refractivity contribution in [2.45, 2.75) is 0 Å². The van der Waals surface area contributed by atoms with E-state index in [2.05, 4.69) is 12.1 Å². The van der Waals surface area contributed by atoms with E-state index in [0.29, 0.717) is 11.4 Å². The number of rotatable bonds is 3. The van der Waals surface area contributed by atoms with Gasteiger partial charge in [0.2, 0.25) is 0 Å². The Kier molecular flexibility index (Phi) is 6.50.